The average Bonchev–Trinajstić information content (AvgIpc) is 2.79. The first-order valence-corrected chi connectivity index (χ1v) is 7.52. The van der Waals surface area contributed by atoms with Gasteiger partial charge in [0.1, 0.15) is 6.04 Å². The Bertz CT molecular complexity index is 728. The van der Waals surface area contributed by atoms with Gasteiger partial charge in [-0.05, 0) is 25.5 Å². The van der Waals surface area contributed by atoms with Crippen LogP contribution in [-0.2, 0) is 9.59 Å². The molecule has 1 aromatic carbocycles. The Morgan fingerprint density at radius 2 is 1.91 bits per heavy atom. The van der Waals surface area contributed by atoms with Crippen LogP contribution in [0.1, 0.15) is 40.5 Å². The summed E-state index contributed by atoms with van der Waals surface area (Å²) >= 11 is 0. The highest BCUT2D eigenvalue weighted by Gasteiger charge is 2.46. The van der Waals surface area contributed by atoms with Gasteiger partial charge in [-0.25, -0.2) is 0 Å². The molecular formula is C16H17N3O4. The van der Waals surface area contributed by atoms with Gasteiger partial charge in [-0.2, -0.15) is 0 Å². The van der Waals surface area contributed by atoms with Gasteiger partial charge < -0.3 is 5.32 Å². The van der Waals surface area contributed by atoms with Crippen LogP contribution in [-0.4, -0.2) is 53.1 Å². The highest BCUT2D eigenvalue weighted by molar-refractivity contribution is 6.25. The predicted octanol–water partition coefficient (Wildman–Crippen LogP) is 0.862. The molecule has 0 saturated carbocycles. The first-order valence-electron chi connectivity index (χ1n) is 7.52. The Morgan fingerprint density at radius 3 is 2.61 bits per heavy atom. The quantitative estimate of drug-likeness (QED) is 0.836. The highest BCUT2D eigenvalue weighted by Crippen LogP contribution is 2.32. The minimum absolute atomic E-state index is 0.139. The first-order chi connectivity index (χ1) is 11.0. The molecule has 1 fully saturated rings. The Balaban J connectivity index is 1.99. The molecule has 7 heteroatoms. The fourth-order valence-corrected chi connectivity index (χ4v) is 3.06. The van der Waals surface area contributed by atoms with Crippen LogP contribution >= 0.6 is 0 Å². The number of anilines is 1. The van der Waals surface area contributed by atoms with Crippen LogP contribution < -0.4 is 5.32 Å². The molecule has 0 bridgehead atoms. The van der Waals surface area contributed by atoms with Gasteiger partial charge in [0.2, 0.25) is 5.91 Å². The van der Waals surface area contributed by atoms with Crippen LogP contribution in [0.15, 0.2) is 18.2 Å². The molecule has 1 atom stereocenters. The molecule has 0 spiro atoms. The smallest absolute Gasteiger partial charge is 0.264 e. The lowest BCUT2D eigenvalue weighted by Crippen LogP contribution is -2.54. The van der Waals surface area contributed by atoms with E-state index in [0.717, 1.165) is 9.80 Å². The molecule has 0 radical (unpaired) electrons. The summed E-state index contributed by atoms with van der Waals surface area (Å²) in [5, 5.41) is 3.06. The Labute approximate surface area is 133 Å². The number of hydrogen-bond donors (Lipinski definition) is 1. The number of likely N-dealkylation sites (tertiary alicyclic amines) is 1. The van der Waals surface area contributed by atoms with Gasteiger partial charge in [0.25, 0.3) is 17.7 Å². The number of carbonyl (C=O) groups is 4. The summed E-state index contributed by atoms with van der Waals surface area (Å²) in [4.78, 5) is 51.3. The number of benzene rings is 1. The monoisotopic (exact) mass is 315 g/mol. The molecule has 2 heterocycles. The van der Waals surface area contributed by atoms with Gasteiger partial charge in [0.15, 0.2) is 0 Å². The van der Waals surface area contributed by atoms with Crippen LogP contribution in [0.3, 0.4) is 0 Å². The number of fused-ring (bicyclic) bond motifs is 1. The zero-order valence-corrected chi connectivity index (χ0v) is 13.0. The van der Waals surface area contributed by atoms with E-state index in [2.05, 4.69) is 5.32 Å². The third-order valence-corrected chi connectivity index (χ3v) is 4.25. The SMILES string of the molecule is CCNc1cccc2c1C(=O)N(C1CCC(=O)N(C)C1=O)C2=O. The zero-order chi connectivity index (χ0) is 16.7. The maximum atomic E-state index is 12.7. The minimum Gasteiger partial charge on any atom is -0.385 e. The highest BCUT2D eigenvalue weighted by atomic mass is 16.2. The molecule has 0 aromatic heterocycles. The number of rotatable bonds is 3. The summed E-state index contributed by atoms with van der Waals surface area (Å²) in [6.45, 7) is 2.50. The molecule has 3 rings (SSSR count). The van der Waals surface area contributed by atoms with Crippen molar-refractivity contribution in [3.05, 3.63) is 29.3 Å². The lowest BCUT2D eigenvalue weighted by Gasteiger charge is -2.32. The summed E-state index contributed by atoms with van der Waals surface area (Å²) in [5.74, 6) is -1.77. The van der Waals surface area contributed by atoms with Crippen LogP contribution in [0.4, 0.5) is 5.69 Å². The van der Waals surface area contributed by atoms with Crippen molar-refractivity contribution in [1.29, 1.82) is 0 Å². The van der Waals surface area contributed by atoms with Crippen molar-refractivity contribution in [3.8, 4) is 0 Å². The van der Waals surface area contributed by atoms with Gasteiger partial charge >= 0.3 is 0 Å². The van der Waals surface area contributed by atoms with Gasteiger partial charge in [0, 0.05) is 25.7 Å². The normalized spacial score (nSPS) is 21.0. The van der Waals surface area contributed by atoms with E-state index in [-0.39, 0.29) is 18.7 Å². The first kappa shape index (κ1) is 15.2. The summed E-state index contributed by atoms with van der Waals surface area (Å²) in [6.07, 6.45) is 0.310. The standard InChI is InChI=1S/C16H17N3O4/c1-3-17-10-6-4-5-9-13(10)16(23)19(14(9)21)11-7-8-12(20)18(2)15(11)22/h4-6,11,17H,3,7-8H2,1-2H3. The lowest BCUT2D eigenvalue weighted by molar-refractivity contribution is -0.149. The van der Waals surface area contributed by atoms with Crippen LogP contribution in [0, 0.1) is 0 Å². The van der Waals surface area contributed by atoms with Crippen LogP contribution in [0.25, 0.3) is 0 Å². The van der Waals surface area contributed by atoms with E-state index in [0.29, 0.717) is 23.4 Å². The lowest BCUT2D eigenvalue weighted by atomic mass is 10.0. The fraction of sp³-hybridized carbons (Fsp3) is 0.375. The molecule has 1 N–H and O–H groups in total. The van der Waals surface area contributed by atoms with Crippen molar-refractivity contribution >= 4 is 29.3 Å². The number of piperidine rings is 1. The molecule has 2 aliphatic rings. The van der Waals surface area contributed by atoms with E-state index in [1.165, 1.54) is 7.05 Å². The average molecular weight is 315 g/mol. The third kappa shape index (κ3) is 2.19. The second-order valence-electron chi connectivity index (χ2n) is 5.58. The maximum Gasteiger partial charge on any atom is 0.264 e. The van der Waals surface area contributed by atoms with Gasteiger partial charge in [-0.15, -0.1) is 0 Å². The van der Waals surface area contributed by atoms with Crippen molar-refractivity contribution in [1.82, 2.24) is 9.80 Å². The molecule has 1 unspecified atom stereocenters. The number of imide groups is 2. The van der Waals surface area contributed by atoms with Gasteiger partial charge in [-0.1, -0.05) is 6.07 Å². The summed E-state index contributed by atoms with van der Waals surface area (Å²) < 4.78 is 0. The third-order valence-electron chi connectivity index (χ3n) is 4.25. The molecule has 4 amide bonds. The second kappa shape index (κ2) is 5.49. The number of nitrogens with zero attached hydrogens (tertiary/aromatic N) is 2. The van der Waals surface area contributed by atoms with E-state index in [1.807, 2.05) is 6.92 Å². The summed E-state index contributed by atoms with van der Waals surface area (Å²) in [7, 11) is 1.37. The molecule has 1 saturated heterocycles. The largest absolute Gasteiger partial charge is 0.385 e. The molecular weight excluding hydrogens is 298 g/mol. The number of nitrogens with one attached hydrogen (secondary N) is 1. The second-order valence-corrected chi connectivity index (χ2v) is 5.58. The Hall–Kier alpha value is -2.70. The topological polar surface area (TPSA) is 86.8 Å². The minimum atomic E-state index is -0.917. The molecule has 1 aromatic rings. The Kier molecular flexibility index (Phi) is 3.63. The molecule has 120 valence electrons. The van der Waals surface area contributed by atoms with Crippen LogP contribution in [0.2, 0.25) is 0 Å². The number of hydrogen-bond acceptors (Lipinski definition) is 5. The van der Waals surface area contributed by atoms with Gasteiger partial charge in [0.05, 0.1) is 11.1 Å². The molecule has 0 aliphatic carbocycles. The maximum absolute atomic E-state index is 12.7. The molecule has 2 aliphatic heterocycles. The van der Waals surface area contributed by atoms with E-state index < -0.39 is 23.8 Å². The van der Waals surface area contributed by atoms with Crippen molar-refractivity contribution in [2.75, 3.05) is 18.9 Å². The van der Waals surface area contributed by atoms with Crippen molar-refractivity contribution in [2.45, 2.75) is 25.8 Å². The number of carbonyl (C=O) groups excluding carboxylic acids is 4. The fourth-order valence-electron chi connectivity index (χ4n) is 3.06. The number of likely N-dealkylation sites (N-methyl/N-ethyl adjacent to an activating group) is 1. The van der Waals surface area contributed by atoms with E-state index >= 15 is 0 Å². The Morgan fingerprint density at radius 1 is 1.17 bits per heavy atom. The molecule has 7 nitrogen and oxygen atoms in total. The van der Waals surface area contributed by atoms with E-state index in [9.17, 15) is 19.2 Å². The van der Waals surface area contributed by atoms with Crippen LogP contribution in [0.5, 0.6) is 0 Å². The summed E-state index contributed by atoms with van der Waals surface area (Å²) in [5.41, 5.74) is 1.17. The van der Waals surface area contributed by atoms with Crippen molar-refractivity contribution in [3.63, 3.8) is 0 Å². The van der Waals surface area contributed by atoms with Crippen molar-refractivity contribution in [2.24, 2.45) is 0 Å². The molecule has 23 heavy (non-hydrogen) atoms. The summed E-state index contributed by atoms with van der Waals surface area (Å²) in [6, 6.07) is 4.09. The van der Waals surface area contributed by atoms with Crippen molar-refractivity contribution < 1.29 is 19.2 Å². The number of amides is 4. The predicted molar refractivity (Wildman–Crippen MR) is 81.9 cm³/mol. The zero-order valence-electron chi connectivity index (χ0n) is 13.0. The van der Waals surface area contributed by atoms with Gasteiger partial charge in [-0.3, -0.25) is 29.0 Å². The van der Waals surface area contributed by atoms with E-state index in [4.69, 9.17) is 0 Å². The van der Waals surface area contributed by atoms with E-state index in [1.54, 1.807) is 18.2 Å².